The van der Waals surface area contributed by atoms with Gasteiger partial charge in [0.1, 0.15) is 0 Å². The van der Waals surface area contributed by atoms with Gasteiger partial charge in [-0.15, -0.1) is 33.2 Å². The molecular formula is C31H65HfN3Si. The van der Waals surface area contributed by atoms with Crippen molar-refractivity contribution in [3.63, 3.8) is 0 Å². The zero-order valence-corrected chi connectivity index (χ0v) is 33.0. The molecule has 0 spiro atoms. The van der Waals surface area contributed by atoms with Gasteiger partial charge in [0.05, 0.1) is 0 Å². The average molecular weight is 686 g/mol. The molecular weight excluding hydrogens is 621 g/mol. The maximum atomic E-state index is 4.54. The Bertz CT molecular complexity index is 526. The van der Waals surface area contributed by atoms with Crippen LogP contribution in [0.3, 0.4) is 0 Å². The molecule has 0 fully saturated rings. The summed E-state index contributed by atoms with van der Waals surface area (Å²) in [4.78, 5) is 0. The number of rotatable bonds is 1. The molecule has 0 radical (unpaired) electrons. The van der Waals surface area contributed by atoms with Crippen molar-refractivity contribution in [1.82, 2.24) is 0 Å². The molecule has 0 bridgehead atoms. The van der Waals surface area contributed by atoms with Crippen LogP contribution in [-0.2, 0) is 25.8 Å². The predicted octanol–water partition coefficient (Wildman–Crippen LogP) is 9.97. The molecule has 0 heterocycles. The summed E-state index contributed by atoms with van der Waals surface area (Å²) >= 11 is 0. The Morgan fingerprint density at radius 3 is 0.639 bits per heavy atom. The molecule has 0 saturated heterocycles. The van der Waals surface area contributed by atoms with Crippen LogP contribution < -0.4 is 5.19 Å². The summed E-state index contributed by atoms with van der Waals surface area (Å²) in [6.07, 6.45) is 0. The van der Waals surface area contributed by atoms with Crippen LogP contribution in [-0.4, -0.2) is 42.0 Å². The Hall–Kier alpha value is 0.317. The van der Waals surface area contributed by atoms with Crippen molar-refractivity contribution in [2.75, 3.05) is 0 Å². The average Bonchev–Trinajstić information content (AvgIpc) is 2.89. The fourth-order valence-corrected chi connectivity index (χ4v) is 4.78. The summed E-state index contributed by atoms with van der Waals surface area (Å²) < 4.78 is 0. The van der Waals surface area contributed by atoms with E-state index in [1.807, 2.05) is 0 Å². The Kier molecular flexibility index (Phi) is 20.6. The van der Waals surface area contributed by atoms with Crippen molar-refractivity contribution in [3.8, 4) is 0 Å². The van der Waals surface area contributed by atoms with E-state index >= 15 is 0 Å². The molecule has 5 heteroatoms. The van der Waals surface area contributed by atoms with Gasteiger partial charge in [-0.2, -0.15) is 17.3 Å². The number of hydrogen-bond donors (Lipinski definition) is 0. The zero-order valence-electron chi connectivity index (χ0n) is 28.2. The van der Waals surface area contributed by atoms with E-state index < -0.39 is 8.80 Å². The molecule has 0 amide bonds. The monoisotopic (exact) mass is 687 g/mol. The van der Waals surface area contributed by atoms with Gasteiger partial charge in [0.25, 0.3) is 0 Å². The van der Waals surface area contributed by atoms with Crippen LogP contribution in [0.5, 0.6) is 0 Å². The van der Waals surface area contributed by atoms with Gasteiger partial charge in [0.15, 0.2) is 0 Å². The van der Waals surface area contributed by atoms with Crippen LogP contribution in [0.2, 0.25) is 13.1 Å². The van der Waals surface area contributed by atoms with Crippen molar-refractivity contribution < 1.29 is 25.8 Å². The minimum Gasteiger partial charge on any atom is -0.653 e. The van der Waals surface area contributed by atoms with E-state index in [4.69, 9.17) is 0 Å². The first-order valence-corrected chi connectivity index (χ1v) is 16.2. The van der Waals surface area contributed by atoms with E-state index in [0.717, 1.165) is 0 Å². The molecule has 1 rings (SSSR count). The Labute approximate surface area is 249 Å². The Balaban J connectivity index is -0.000000188. The van der Waals surface area contributed by atoms with Gasteiger partial charge in [0.2, 0.25) is 0 Å². The first kappa shape index (κ1) is 43.4. The summed E-state index contributed by atoms with van der Waals surface area (Å²) in [6.45, 7) is 42.9. The van der Waals surface area contributed by atoms with E-state index in [1.165, 1.54) is 0 Å². The van der Waals surface area contributed by atoms with E-state index in [0.29, 0.717) is 0 Å². The Morgan fingerprint density at radius 2 is 0.583 bits per heavy atom. The third-order valence-electron chi connectivity index (χ3n) is 3.37. The molecule has 212 valence electrons. The van der Waals surface area contributed by atoms with Crippen LogP contribution in [0.1, 0.15) is 125 Å². The molecule has 1 aromatic rings. The number of nitrogens with zero attached hydrogens (tertiary/aromatic N) is 3. The summed E-state index contributed by atoms with van der Waals surface area (Å²) in [5, 5.41) is 15.2. The van der Waals surface area contributed by atoms with E-state index in [9.17, 15) is 0 Å². The van der Waals surface area contributed by atoms with Crippen molar-refractivity contribution in [2.24, 2.45) is 0 Å². The van der Waals surface area contributed by atoms with Gasteiger partial charge in [-0.3, -0.25) is 0 Å². The maximum absolute atomic E-state index is 4.54. The maximum Gasteiger partial charge on any atom is 4.00 e. The van der Waals surface area contributed by atoms with Crippen molar-refractivity contribution in [2.45, 2.75) is 171 Å². The van der Waals surface area contributed by atoms with Crippen LogP contribution in [0.25, 0.3) is 16.0 Å². The first-order chi connectivity index (χ1) is 14.9. The smallest absolute Gasteiger partial charge is 0.653 e. The van der Waals surface area contributed by atoms with Crippen molar-refractivity contribution in [1.29, 1.82) is 0 Å². The molecule has 3 nitrogen and oxygen atoms in total. The van der Waals surface area contributed by atoms with Gasteiger partial charge >= 0.3 is 25.8 Å². The van der Waals surface area contributed by atoms with Gasteiger partial charge in [-0.25, -0.2) is 12.1 Å². The minimum atomic E-state index is -0.480. The molecule has 0 N–H and O–H groups in total. The van der Waals surface area contributed by atoms with Gasteiger partial charge in [0, 0.05) is 8.80 Å². The fourth-order valence-electron chi connectivity index (χ4n) is 3.79. The Morgan fingerprint density at radius 1 is 0.417 bits per heavy atom. The minimum absolute atomic E-state index is 0. The number of hydrogen-bond acceptors (Lipinski definition) is 0. The standard InChI is InChI=1S/3C8H18N.C7H11Si.Hf/c3*1-7(2,3)9-8(4,5)6;1-8(2)7-5-3-4-6-7;/h3*1-6H3;3-6,8H,1-2H3;/q4*-1;+4. The quantitative estimate of drug-likeness (QED) is 0.209. The summed E-state index contributed by atoms with van der Waals surface area (Å²) in [5.74, 6) is 0. The molecule has 0 atom stereocenters. The molecule has 0 aliphatic rings. The summed E-state index contributed by atoms with van der Waals surface area (Å²) in [5.41, 5.74) is 0.656. The van der Waals surface area contributed by atoms with Crippen LogP contribution in [0, 0.1) is 0 Å². The normalized spacial score (nSPS) is 12.8. The second-order valence-corrected chi connectivity index (χ2v) is 18.7. The van der Waals surface area contributed by atoms with E-state index in [1.54, 1.807) is 5.19 Å². The molecule has 36 heavy (non-hydrogen) atoms. The van der Waals surface area contributed by atoms with Gasteiger partial charge in [-0.05, 0) is 0 Å². The largest absolute Gasteiger partial charge is 4.00 e. The topological polar surface area (TPSA) is 42.3 Å². The zero-order chi connectivity index (χ0) is 29.1. The third kappa shape index (κ3) is 44.3. The van der Waals surface area contributed by atoms with Gasteiger partial charge < -0.3 is 16.0 Å². The molecule has 0 saturated carbocycles. The SMILES string of the molecule is CC(C)(C)[N-]C(C)(C)C.CC(C)(C)[N-]C(C)(C)C.CC(C)(C)[N-]C(C)(C)C.C[SiH](C)[c-]1cccc1.[Hf+4]. The van der Waals surface area contributed by atoms with Crippen molar-refractivity contribution in [3.05, 3.63) is 40.2 Å². The van der Waals surface area contributed by atoms with Crippen LogP contribution in [0.4, 0.5) is 0 Å². The van der Waals surface area contributed by atoms with E-state index in [-0.39, 0.29) is 59.1 Å². The van der Waals surface area contributed by atoms with E-state index in [2.05, 4.69) is 178 Å². The molecule has 0 aliphatic carbocycles. The molecule has 0 aliphatic heterocycles. The second kappa shape index (κ2) is 17.1. The van der Waals surface area contributed by atoms with Crippen LogP contribution in [0.15, 0.2) is 24.3 Å². The summed E-state index contributed by atoms with van der Waals surface area (Å²) in [6, 6.07) is 8.67. The fraction of sp³-hybridized carbons (Fsp3) is 0.839. The van der Waals surface area contributed by atoms with Crippen molar-refractivity contribution >= 4 is 14.0 Å². The first-order valence-electron chi connectivity index (χ1n) is 13.4. The third-order valence-corrected chi connectivity index (χ3v) is 5.09. The molecule has 1 aromatic carbocycles. The predicted molar refractivity (Wildman–Crippen MR) is 169 cm³/mol. The molecule has 0 unspecified atom stereocenters. The van der Waals surface area contributed by atoms with Crippen LogP contribution >= 0.6 is 0 Å². The second-order valence-electron chi connectivity index (χ2n) is 15.7. The molecule has 0 aromatic heterocycles. The summed E-state index contributed by atoms with van der Waals surface area (Å²) in [7, 11) is -0.480. The van der Waals surface area contributed by atoms with Gasteiger partial charge in [-0.1, -0.05) is 138 Å².